The van der Waals surface area contributed by atoms with Crippen molar-refractivity contribution >= 4 is 11.9 Å². The van der Waals surface area contributed by atoms with Crippen LogP contribution in [0.4, 0.5) is 13.2 Å². The van der Waals surface area contributed by atoms with Crippen molar-refractivity contribution in [2.24, 2.45) is 5.92 Å². The molecule has 0 bridgehead atoms. The van der Waals surface area contributed by atoms with Gasteiger partial charge in [-0.05, 0) is 19.3 Å². The van der Waals surface area contributed by atoms with Crippen LogP contribution in [0.1, 0.15) is 19.3 Å². The third kappa shape index (κ3) is 5.35. The van der Waals surface area contributed by atoms with Gasteiger partial charge in [-0.2, -0.15) is 13.2 Å². The summed E-state index contributed by atoms with van der Waals surface area (Å²) in [6, 6.07) is -0.298. The highest BCUT2D eigenvalue weighted by molar-refractivity contribution is 5.78. The molecule has 0 radical (unpaired) electrons. The van der Waals surface area contributed by atoms with E-state index in [-0.39, 0.29) is 6.04 Å². The lowest BCUT2D eigenvalue weighted by Crippen LogP contribution is -2.36. The Kier molecular flexibility index (Phi) is 4.94. The summed E-state index contributed by atoms with van der Waals surface area (Å²) < 4.78 is 39.4. The number of carboxylic acids is 1. The molecule has 0 aliphatic heterocycles. The van der Waals surface area contributed by atoms with E-state index >= 15 is 0 Å². The van der Waals surface area contributed by atoms with Gasteiger partial charge in [0.2, 0.25) is 5.91 Å². The first-order chi connectivity index (χ1) is 8.28. The Bertz CT molecular complexity index is 319. The Morgan fingerprint density at radius 1 is 1.33 bits per heavy atom. The summed E-state index contributed by atoms with van der Waals surface area (Å²) in [5.74, 6) is -2.07. The lowest BCUT2D eigenvalue weighted by Gasteiger charge is -2.13. The summed E-state index contributed by atoms with van der Waals surface area (Å²) in [4.78, 5) is 21.9. The molecule has 0 aromatic carbocycles. The van der Waals surface area contributed by atoms with Crippen LogP contribution in [0.5, 0.6) is 0 Å². The van der Waals surface area contributed by atoms with E-state index in [9.17, 15) is 22.8 Å². The highest BCUT2D eigenvalue weighted by atomic mass is 19.4. The SMILES string of the molecule is O=C(COCC(F)(F)F)NC1CCC(C(=O)O)C1. The van der Waals surface area contributed by atoms with Crippen LogP contribution in [0.15, 0.2) is 0 Å². The van der Waals surface area contributed by atoms with E-state index < -0.39 is 37.2 Å². The predicted octanol–water partition coefficient (Wildman–Crippen LogP) is 0.935. The van der Waals surface area contributed by atoms with Gasteiger partial charge in [-0.15, -0.1) is 0 Å². The fraction of sp³-hybridized carbons (Fsp3) is 0.800. The molecule has 5 nitrogen and oxygen atoms in total. The number of carbonyl (C=O) groups excluding carboxylic acids is 1. The van der Waals surface area contributed by atoms with Crippen LogP contribution in [-0.4, -0.2) is 42.4 Å². The fourth-order valence-corrected chi connectivity index (χ4v) is 1.87. The van der Waals surface area contributed by atoms with E-state index in [0.717, 1.165) is 0 Å². The molecule has 0 aromatic heterocycles. The van der Waals surface area contributed by atoms with Gasteiger partial charge in [-0.3, -0.25) is 9.59 Å². The van der Waals surface area contributed by atoms with E-state index in [1.54, 1.807) is 0 Å². The van der Waals surface area contributed by atoms with Gasteiger partial charge in [-0.1, -0.05) is 0 Å². The summed E-state index contributed by atoms with van der Waals surface area (Å²) in [7, 11) is 0. The van der Waals surface area contributed by atoms with E-state index in [0.29, 0.717) is 19.3 Å². The van der Waals surface area contributed by atoms with Crippen molar-refractivity contribution in [3.8, 4) is 0 Å². The number of alkyl halides is 3. The Morgan fingerprint density at radius 2 is 2.00 bits per heavy atom. The molecule has 1 aliphatic carbocycles. The quantitative estimate of drug-likeness (QED) is 0.778. The van der Waals surface area contributed by atoms with E-state index in [2.05, 4.69) is 10.1 Å². The second-order valence-corrected chi connectivity index (χ2v) is 4.22. The Hall–Kier alpha value is -1.31. The molecule has 0 spiro atoms. The number of hydrogen-bond acceptors (Lipinski definition) is 3. The predicted molar refractivity (Wildman–Crippen MR) is 53.8 cm³/mol. The lowest BCUT2D eigenvalue weighted by molar-refractivity contribution is -0.175. The molecule has 1 saturated carbocycles. The van der Waals surface area contributed by atoms with E-state index in [4.69, 9.17) is 5.11 Å². The van der Waals surface area contributed by atoms with Crippen molar-refractivity contribution in [1.82, 2.24) is 5.32 Å². The van der Waals surface area contributed by atoms with Crippen molar-refractivity contribution in [2.45, 2.75) is 31.5 Å². The van der Waals surface area contributed by atoms with Gasteiger partial charge in [0.1, 0.15) is 13.2 Å². The molecule has 104 valence electrons. The monoisotopic (exact) mass is 269 g/mol. The molecule has 1 fully saturated rings. The average Bonchev–Trinajstić information content (AvgIpc) is 2.64. The molecular formula is C10H14F3NO4. The van der Waals surface area contributed by atoms with Gasteiger partial charge in [0.05, 0.1) is 5.92 Å². The minimum absolute atomic E-state index is 0.298. The van der Waals surface area contributed by atoms with Crippen LogP contribution >= 0.6 is 0 Å². The smallest absolute Gasteiger partial charge is 0.411 e. The third-order valence-corrected chi connectivity index (χ3v) is 2.65. The molecule has 2 atom stereocenters. The second kappa shape index (κ2) is 6.03. The first kappa shape index (κ1) is 14.7. The molecule has 0 aromatic rings. The molecule has 1 aliphatic rings. The van der Waals surface area contributed by atoms with Crippen LogP contribution in [0.25, 0.3) is 0 Å². The van der Waals surface area contributed by atoms with Crippen LogP contribution in [0.2, 0.25) is 0 Å². The van der Waals surface area contributed by atoms with E-state index in [1.807, 2.05) is 0 Å². The maximum Gasteiger partial charge on any atom is 0.411 e. The first-order valence-electron chi connectivity index (χ1n) is 5.44. The van der Waals surface area contributed by atoms with Crippen LogP contribution in [0.3, 0.4) is 0 Å². The molecule has 18 heavy (non-hydrogen) atoms. The minimum atomic E-state index is -4.46. The van der Waals surface area contributed by atoms with Gasteiger partial charge in [0, 0.05) is 6.04 Å². The number of rotatable bonds is 5. The minimum Gasteiger partial charge on any atom is -0.481 e. The summed E-state index contributed by atoms with van der Waals surface area (Å²) in [5.41, 5.74) is 0. The van der Waals surface area contributed by atoms with Gasteiger partial charge in [0.25, 0.3) is 0 Å². The van der Waals surface area contributed by atoms with Gasteiger partial charge in [0.15, 0.2) is 0 Å². The number of ether oxygens (including phenoxy) is 1. The zero-order valence-electron chi connectivity index (χ0n) is 9.50. The maximum absolute atomic E-state index is 11.7. The topological polar surface area (TPSA) is 75.6 Å². The Morgan fingerprint density at radius 3 is 2.50 bits per heavy atom. The molecule has 0 heterocycles. The highest BCUT2D eigenvalue weighted by Gasteiger charge is 2.31. The van der Waals surface area contributed by atoms with Gasteiger partial charge >= 0.3 is 12.1 Å². The highest BCUT2D eigenvalue weighted by Crippen LogP contribution is 2.25. The number of amides is 1. The molecular weight excluding hydrogens is 255 g/mol. The lowest BCUT2D eigenvalue weighted by atomic mass is 10.1. The van der Waals surface area contributed by atoms with Crippen LogP contribution in [-0.2, 0) is 14.3 Å². The van der Waals surface area contributed by atoms with Crippen molar-refractivity contribution < 1.29 is 32.6 Å². The molecule has 1 amide bonds. The van der Waals surface area contributed by atoms with Gasteiger partial charge < -0.3 is 15.2 Å². The molecule has 2 unspecified atom stereocenters. The van der Waals surface area contributed by atoms with Crippen molar-refractivity contribution in [2.75, 3.05) is 13.2 Å². The van der Waals surface area contributed by atoms with Crippen molar-refractivity contribution in [1.29, 1.82) is 0 Å². The average molecular weight is 269 g/mol. The molecule has 2 N–H and O–H groups in total. The zero-order chi connectivity index (χ0) is 13.8. The summed E-state index contributed by atoms with van der Waals surface area (Å²) in [6.45, 7) is -2.14. The standard InChI is InChI=1S/C10H14F3NO4/c11-10(12,13)5-18-4-8(15)14-7-2-1-6(3-7)9(16)17/h6-7H,1-5H2,(H,14,15)(H,16,17). The summed E-state index contributed by atoms with van der Waals surface area (Å²) in [6.07, 6.45) is -3.17. The number of halogens is 3. The Balaban J connectivity index is 2.20. The number of carbonyl (C=O) groups is 2. The molecule has 8 heteroatoms. The summed E-state index contributed by atoms with van der Waals surface area (Å²) >= 11 is 0. The number of carboxylic acid groups (broad SMARTS) is 1. The van der Waals surface area contributed by atoms with Gasteiger partial charge in [-0.25, -0.2) is 0 Å². The first-order valence-corrected chi connectivity index (χ1v) is 5.44. The maximum atomic E-state index is 11.7. The second-order valence-electron chi connectivity index (χ2n) is 4.22. The fourth-order valence-electron chi connectivity index (χ4n) is 1.87. The largest absolute Gasteiger partial charge is 0.481 e. The van der Waals surface area contributed by atoms with Crippen LogP contribution < -0.4 is 5.32 Å². The number of nitrogens with one attached hydrogen (secondary N) is 1. The van der Waals surface area contributed by atoms with E-state index in [1.165, 1.54) is 0 Å². The third-order valence-electron chi connectivity index (χ3n) is 2.65. The molecule has 0 saturated heterocycles. The van der Waals surface area contributed by atoms with Crippen molar-refractivity contribution in [3.05, 3.63) is 0 Å². The molecule has 1 rings (SSSR count). The van der Waals surface area contributed by atoms with Crippen LogP contribution in [0, 0.1) is 5.92 Å². The Labute approximate surface area is 101 Å². The zero-order valence-corrected chi connectivity index (χ0v) is 9.50. The normalized spacial score (nSPS) is 23.9. The summed E-state index contributed by atoms with van der Waals surface area (Å²) in [5, 5.41) is 11.2. The number of aliphatic carboxylic acids is 1. The number of hydrogen-bond donors (Lipinski definition) is 2. The van der Waals surface area contributed by atoms with Crippen molar-refractivity contribution in [3.63, 3.8) is 0 Å².